The standard InChI is InChI=1S/C16H30N4O3/c1-11(2)13(10-18-15(21)22-16(4,5)6)9-17-8-7-14-19-12(3)23-20-14/h11,13,17H,7-10H2,1-6H3,(H,18,21). The Hall–Kier alpha value is -1.63. The van der Waals surface area contributed by atoms with Crippen molar-refractivity contribution in [2.45, 2.75) is 53.6 Å². The normalized spacial score (nSPS) is 13.2. The summed E-state index contributed by atoms with van der Waals surface area (Å²) >= 11 is 0. The van der Waals surface area contributed by atoms with Crippen LogP contribution in [-0.2, 0) is 11.2 Å². The first-order chi connectivity index (χ1) is 10.7. The number of aryl methyl sites for hydroxylation is 1. The van der Waals surface area contributed by atoms with E-state index in [-0.39, 0.29) is 6.09 Å². The lowest BCUT2D eigenvalue weighted by Crippen LogP contribution is -2.39. The highest BCUT2D eigenvalue weighted by Gasteiger charge is 2.19. The lowest BCUT2D eigenvalue weighted by atomic mass is 9.96. The first kappa shape index (κ1) is 19.4. The van der Waals surface area contributed by atoms with Crippen LogP contribution in [-0.4, -0.2) is 41.5 Å². The molecule has 1 aromatic rings. The van der Waals surface area contributed by atoms with Gasteiger partial charge < -0.3 is 19.9 Å². The fourth-order valence-corrected chi connectivity index (χ4v) is 2.00. The van der Waals surface area contributed by atoms with Crippen molar-refractivity contribution in [2.75, 3.05) is 19.6 Å². The number of rotatable bonds is 8. The third-order valence-corrected chi connectivity index (χ3v) is 3.35. The van der Waals surface area contributed by atoms with Gasteiger partial charge >= 0.3 is 6.09 Å². The van der Waals surface area contributed by atoms with Crippen LogP contribution in [0.25, 0.3) is 0 Å². The van der Waals surface area contributed by atoms with Crippen LogP contribution in [0.15, 0.2) is 4.52 Å². The molecule has 0 bridgehead atoms. The van der Waals surface area contributed by atoms with Crippen molar-refractivity contribution in [3.63, 3.8) is 0 Å². The maximum Gasteiger partial charge on any atom is 0.407 e. The van der Waals surface area contributed by atoms with E-state index in [0.29, 0.717) is 30.1 Å². The fraction of sp³-hybridized carbons (Fsp3) is 0.812. The van der Waals surface area contributed by atoms with E-state index in [1.165, 1.54) is 0 Å². The zero-order valence-corrected chi connectivity index (χ0v) is 15.1. The molecule has 2 N–H and O–H groups in total. The molecular weight excluding hydrogens is 296 g/mol. The van der Waals surface area contributed by atoms with Crippen LogP contribution in [0.4, 0.5) is 4.79 Å². The molecule has 0 aliphatic carbocycles. The van der Waals surface area contributed by atoms with Crippen molar-refractivity contribution in [1.29, 1.82) is 0 Å². The topological polar surface area (TPSA) is 89.3 Å². The quantitative estimate of drug-likeness (QED) is 0.713. The Morgan fingerprint density at radius 1 is 1.30 bits per heavy atom. The third kappa shape index (κ3) is 8.54. The number of ether oxygens (including phenoxy) is 1. The molecule has 0 aliphatic heterocycles. The lowest BCUT2D eigenvalue weighted by Gasteiger charge is -2.24. The fourth-order valence-electron chi connectivity index (χ4n) is 2.00. The van der Waals surface area contributed by atoms with Gasteiger partial charge in [-0.1, -0.05) is 19.0 Å². The number of hydrogen-bond donors (Lipinski definition) is 2. The number of carbonyl (C=O) groups excluding carboxylic acids is 1. The number of hydrogen-bond acceptors (Lipinski definition) is 6. The Bertz CT molecular complexity index is 480. The minimum atomic E-state index is -0.474. The Balaban J connectivity index is 2.27. The summed E-state index contributed by atoms with van der Waals surface area (Å²) in [6.07, 6.45) is 0.354. The van der Waals surface area contributed by atoms with Gasteiger partial charge in [0.25, 0.3) is 0 Å². The van der Waals surface area contributed by atoms with E-state index in [2.05, 4.69) is 34.6 Å². The number of alkyl carbamates (subject to hydrolysis) is 1. The third-order valence-electron chi connectivity index (χ3n) is 3.35. The Kier molecular flexibility index (Phi) is 7.48. The predicted octanol–water partition coefficient (Wildman–Crippen LogP) is 2.31. The summed E-state index contributed by atoms with van der Waals surface area (Å²) in [6.45, 7) is 13.8. The molecule has 0 saturated carbocycles. The molecule has 1 aromatic heterocycles. The first-order valence-electron chi connectivity index (χ1n) is 8.14. The zero-order valence-electron chi connectivity index (χ0n) is 15.1. The largest absolute Gasteiger partial charge is 0.444 e. The van der Waals surface area contributed by atoms with Crippen molar-refractivity contribution >= 4 is 6.09 Å². The second kappa shape index (κ2) is 8.86. The van der Waals surface area contributed by atoms with Crippen LogP contribution < -0.4 is 10.6 Å². The number of aromatic nitrogens is 2. The summed E-state index contributed by atoms with van der Waals surface area (Å²) in [7, 11) is 0. The molecule has 0 aliphatic rings. The van der Waals surface area contributed by atoms with Gasteiger partial charge in [-0.15, -0.1) is 0 Å². The van der Waals surface area contributed by atoms with Gasteiger partial charge in [-0.05, 0) is 39.2 Å². The van der Waals surface area contributed by atoms with Crippen molar-refractivity contribution in [1.82, 2.24) is 20.8 Å². The minimum absolute atomic E-state index is 0.328. The first-order valence-corrected chi connectivity index (χ1v) is 8.14. The molecule has 23 heavy (non-hydrogen) atoms. The predicted molar refractivity (Wildman–Crippen MR) is 88.2 cm³/mol. The lowest BCUT2D eigenvalue weighted by molar-refractivity contribution is 0.0515. The van der Waals surface area contributed by atoms with E-state index in [1.807, 2.05) is 20.8 Å². The summed E-state index contributed by atoms with van der Waals surface area (Å²) in [5.74, 6) is 2.07. The van der Waals surface area contributed by atoms with E-state index in [4.69, 9.17) is 9.26 Å². The Labute approximate surface area is 138 Å². The minimum Gasteiger partial charge on any atom is -0.444 e. The van der Waals surface area contributed by atoms with Crippen molar-refractivity contribution in [3.8, 4) is 0 Å². The summed E-state index contributed by atoms with van der Waals surface area (Å²) in [5, 5.41) is 10.1. The molecule has 0 spiro atoms. The molecule has 0 radical (unpaired) electrons. The number of nitrogens with zero attached hydrogens (tertiary/aromatic N) is 2. The van der Waals surface area contributed by atoms with Gasteiger partial charge in [-0.3, -0.25) is 0 Å². The Morgan fingerprint density at radius 3 is 2.52 bits per heavy atom. The molecule has 1 rings (SSSR count). The zero-order chi connectivity index (χ0) is 17.5. The van der Waals surface area contributed by atoms with Crippen LogP contribution in [0.2, 0.25) is 0 Å². The molecule has 132 valence electrons. The molecule has 1 amide bonds. The van der Waals surface area contributed by atoms with Crippen LogP contribution in [0.5, 0.6) is 0 Å². The van der Waals surface area contributed by atoms with Gasteiger partial charge in [-0.2, -0.15) is 4.98 Å². The monoisotopic (exact) mass is 326 g/mol. The highest BCUT2D eigenvalue weighted by molar-refractivity contribution is 5.67. The second-order valence-corrected chi connectivity index (χ2v) is 7.07. The van der Waals surface area contributed by atoms with E-state index < -0.39 is 5.60 Å². The molecule has 0 aromatic carbocycles. The van der Waals surface area contributed by atoms with Crippen LogP contribution in [0.1, 0.15) is 46.3 Å². The molecule has 1 atom stereocenters. The second-order valence-electron chi connectivity index (χ2n) is 7.07. The summed E-state index contributed by atoms with van der Waals surface area (Å²) < 4.78 is 10.2. The molecule has 7 heteroatoms. The van der Waals surface area contributed by atoms with Gasteiger partial charge in [0, 0.05) is 26.4 Å². The summed E-state index contributed by atoms with van der Waals surface area (Å²) in [6, 6.07) is 0. The molecule has 7 nitrogen and oxygen atoms in total. The van der Waals surface area contributed by atoms with Gasteiger partial charge in [-0.25, -0.2) is 4.79 Å². The van der Waals surface area contributed by atoms with Gasteiger partial charge in [0.1, 0.15) is 5.60 Å². The molecule has 1 heterocycles. The smallest absolute Gasteiger partial charge is 0.407 e. The number of nitrogens with one attached hydrogen (secondary N) is 2. The summed E-state index contributed by atoms with van der Waals surface area (Å²) in [5.41, 5.74) is -0.474. The molecule has 1 unspecified atom stereocenters. The maximum atomic E-state index is 11.7. The van der Waals surface area contributed by atoms with Crippen LogP contribution in [0, 0.1) is 18.8 Å². The highest BCUT2D eigenvalue weighted by Crippen LogP contribution is 2.10. The average molecular weight is 326 g/mol. The Morgan fingerprint density at radius 2 is 2.00 bits per heavy atom. The van der Waals surface area contributed by atoms with Crippen molar-refractivity contribution < 1.29 is 14.1 Å². The molecular formula is C16H30N4O3. The molecule has 0 fully saturated rings. The molecule has 0 saturated heterocycles. The van der Waals surface area contributed by atoms with Gasteiger partial charge in [0.2, 0.25) is 5.89 Å². The van der Waals surface area contributed by atoms with Gasteiger partial charge in [0.05, 0.1) is 0 Å². The van der Waals surface area contributed by atoms with E-state index in [0.717, 1.165) is 19.5 Å². The van der Waals surface area contributed by atoms with E-state index in [1.54, 1.807) is 6.92 Å². The van der Waals surface area contributed by atoms with Crippen molar-refractivity contribution in [3.05, 3.63) is 11.7 Å². The van der Waals surface area contributed by atoms with Gasteiger partial charge in [0.15, 0.2) is 5.82 Å². The maximum absolute atomic E-state index is 11.7. The van der Waals surface area contributed by atoms with Crippen LogP contribution >= 0.6 is 0 Å². The van der Waals surface area contributed by atoms with E-state index in [9.17, 15) is 4.79 Å². The van der Waals surface area contributed by atoms with Crippen molar-refractivity contribution in [2.24, 2.45) is 11.8 Å². The average Bonchev–Trinajstić information content (AvgIpc) is 2.81. The number of amides is 1. The summed E-state index contributed by atoms with van der Waals surface area (Å²) in [4.78, 5) is 15.9. The number of carbonyl (C=O) groups is 1. The SMILES string of the molecule is Cc1nc(CCNCC(CNC(=O)OC(C)(C)C)C(C)C)no1. The van der Waals surface area contributed by atoms with Crippen LogP contribution in [0.3, 0.4) is 0 Å². The highest BCUT2D eigenvalue weighted by atomic mass is 16.6. The van der Waals surface area contributed by atoms with E-state index >= 15 is 0 Å².